The molecule has 0 saturated carbocycles. The molecule has 0 spiro atoms. The van der Waals surface area contributed by atoms with Gasteiger partial charge in [0, 0.05) is 35.4 Å². The average molecular weight is 283 g/mol. The number of fused-ring (bicyclic) bond motifs is 1. The fourth-order valence-corrected chi connectivity index (χ4v) is 2.37. The maximum Gasteiger partial charge on any atom is 0.138 e. The summed E-state index contributed by atoms with van der Waals surface area (Å²) in [5.41, 5.74) is 1.94. The summed E-state index contributed by atoms with van der Waals surface area (Å²) >= 11 is 0. The van der Waals surface area contributed by atoms with Crippen LogP contribution >= 0.6 is 0 Å². The van der Waals surface area contributed by atoms with Crippen LogP contribution in [0.2, 0.25) is 0 Å². The van der Waals surface area contributed by atoms with Gasteiger partial charge >= 0.3 is 0 Å². The van der Waals surface area contributed by atoms with E-state index in [2.05, 4.69) is 29.1 Å². The van der Waals surface area contributed by atoms with Crippen LogP contribution < -0.4 is 5.32 Å². The van der Waals surface area contributed by atoms with E-state index in [9.17, 15) is 4.39 Å². The molecule has 2 N–H and O–H groups in total. The molecule has 3 rings (SSSR count). The molecular weight excluding hydrogens is 265 g/mol. The molecule has 0 aliphatic heterocycles. The van der Waals surface area contributed by atoms with E-state index in [1.54, 1.807) is 12.1 Å². The van der Waals surface area contributed by atoms with Crippen molar-refractivity contribution >= 4 is 10.8 Å². The molecule has 2 aromatic carbocycles. The minimum atomic E-state index is -0.206. The Morgan fingerprint density at radius 3 is 2.67 bits per heavy atom. The van der Waals surface area contributed by atoms with Crippen molar-refractivity contribution in [3.8, 4) is 11.4 Å². The van der Waals surface area contributed by atoms with E-state index in [-0.39, 0.29) is 5.82 Å². The Labute approximate surface area is 123 Å². The van der Waals surface area contributed by atoms with Crippen LogP contribution in [-0.4, -0.2) is 16.0 Å². The molecule has 0 atom stereocenters. The summed E-state index contributed by atoms with van der Waals surface area (Å²) in [5, 5.41) is 4.83. The fraction of sp³-hybridized carbons (Fsp3) is 0.235. The number of imidazole rings is 1. The minimum absolute atomic E-state index is 0.206. The molecule has 3 aromatic rings. The average Bonchev–Trinajstić information content (AvgIpc) is 2.94. The number of hydrogen-bond acceptors (Lipinski definition) is 2. The predicted octanol–water partition coefficient (Wildman–Crippen LogP) is 3.87. The summed E-state index contributed by atoms with van der Waals surface area (Å²) in [6.45, 7) is 4.94. The highest BCUT2D eigenvalue weighted by Crippen LogP contribution is 2.28. The number of H-pyrrole nitrogens is 1. The number of nitrogens with one attached hydrogen (secondary N) is 2. The first-order valence-corrected chi connectivity index (χ1v) is 7.10. The van der Waals surface area contributed by atoms with E-state index in [1.807, 2.05) is 24.4 Å². The molecule has 1 aromatic heterocycles. The van der Waals surface area contributed by atoms with Gasteiger partial charge in [-0.05, 0) is 17.5 Å². The molecule has 0 unspecified atom stereocenters. The third-order valence-corrected chi connectivity index (χ3v) is 3.46. The van der Waals surface area contributed by atoms with Crippen molar-refractivity contribution in [2.75, 3.05) is 0 Å². The Morgan fingerprint density at radius 1 is 1.14 bits per heavy atom. The van der Waals surface area contributed by atoms with Crippen LogP contribution in [0.4, 0.5) is 4.39 Å². The summed E-state index contributed by atoms with van der Waals surface area (Å²) in [6, 6.07) is 11.1. The zero-order chi connectivity index (χ0) is 14.8. The number of aromatic amines is 1. The van der Waals surface area contributed by atoms with Gasteiger partial charge < -0.3 is 10.3 Å². The van der Waals surface area contributed by atoms with Gasteiger partial charge in [0.1, 0.15) is 11.6 Å². The van der Waals surface area contributed by atoms with Gasteiger partial charge in [0.25, 0.3) is 0 Å². The van der Waals surface area contributed by atoms with Crippen molar-refractivity contribution in [2.24, 2.45) is 0 Å². The summed E-state index contributed by atoms with van der Waals surface area (Å²) in [4.78, 5) is 7.73. The molecular formula is C17H18FN3. The molecule has 4 heteroatoms. The zero-order valence-electron chi connectivity index (χ0n) is 12.2. The van der Waals surface area contributed by atoms with Gasteiger partial charge in [-0.2, -0.15) is 0 Å². The molecule has 3 nitrogen and oxygen atoms in total. The summed E-state index contributed by atoms with van der Waals surface area (Å²) in [6.07, 6.45) is 1.82. The van der Waals surface area contributed by atoms with Crippen molar-refractivity contribution in [1.29, 1.82) is 0 Å². The van der Waals surface area contributed by atoms with Crippen LogP contribution in [0.1, 0.15) is 19.5 Å². The van der Waals surface area contributed by atoms with Crippen LogP contribution in [0.5, 0.6) is 0 Å². The van der Waals surface area contributed by atoms with Crippen LogP contribution in [0.15, 0.2) is 42.6 Å². The lowest BCUT2D eigenvalue weighted by Crippen LogP contribution is -2.21. The second-order valence-corrected chi connectivity index (χ2v) is 5.43. The minimum Gasteiger partial charge on any atom is -0.341 e. The van der Waals surface area contributed by atoms with E-state index in [0.29, 0.717) is 11.4 Å². The second kappa shape index (κ2) is 5.66. The fourth-order valence-electron chi connectivity index (χ4n) is 2.37. The Hall–Kier alpha value is -2.20. The smallest absolute Gasteiger partial charge is 0.138 e. The van der Waals surface area contributed by atoms with Crippen molar-refractivity contribution in [3.63, 3.8) is 0 Å². The maximum absolute atomic E-state index is 13.9. The molecule has 0 aliphatic rings. The highest BCUT2D eigenvalue weighted by molar-refractivity contribution is 5.95. The van der Waals surface area contributed by atoms with E-state index < -0.39 is 0 Å². The number of aromatic nitrogens is 2. The molecule has 0 aliphatic carbocycles. The zero-order valence-corrected chi connectivity index (χ0v) is 12.2. The third kappa shape index (κ3) is 2.81. The van der Waals surface area contributed by atoms with Crippen molar-refractivity contribution in [2.45, 2.75) is 26.4 Å². The normalized spacial score (nSPS) is 11.4. The summed E-state index contributed by atoms with van der Waals surface area (Å²) < 4.78 is 13.9. The Morgan fingerprint density at radius 2 is 1.90 bits per heavy atom. The number of rotatable bonds is 4. The lowest BCUT2D eigenvalue weighted by Gasteiger charge is -2.06. The highest BCUT2D eigenvalue weighted by Gasteiger charge is 2.10. The largest absolute Gasteiger partial charge is 0.341 e. The maximum atomic E-state index is 13.9. The van der Waals surface area contributed by atoms with Crippen LogP contribution in [0.25, 0.3) is 22.2 Å². The molecule has 0 amide bonds. The molecule has 0 saturated heterocycles. The Kier molecular flexibility index (Phi) is 3.71. The van der Waals surface area contributed by atoms with Gasteiger partial charge in [0.15, 0.2) is 0 Å². The highest BCUT2D eigenvalue weighted by atomic mass is 19.1. The first-order chi connectivity index (χ1) is 10.1. The topological polar surface area (TPSA) is 40.7 Å². The van der Waals surface area contributed by atoms with Crippen LogP contribution in [-0.2, 0) is 6.54 Å². The van der Waals surface area contributed by atoms with Crippen molar-refractivity contribution in [3.05, 3.63) is 54.1 Å². The number of nitrogens with zero attached hydrogens (tertiary/aromatic N) is 1. The van der Waals surface area contributed by atoms with Crippen LogP contribution in [0, 0.1) is 5.82 Å². The summed E-state index contributed by atoms with van der Waals surface area (Å²) in [5.74, 6) is 0.564. The Bertz CT molecular complexity index is 762. The standard InChI is InChI=1S/C17H18FN3/c1-11(2)19-9-12-10-20-17(21-12)15-7-8-16(18)14-6-4-3-5-13(14)15/h3-8,10-11,19H,9H2,1-2H3,(H,20,21). The molecule has 1 heterocycles. The van der Waals surface area contributed by atoms with E-state index in [4.69, 9.17) is 0 Å². The summed E-state index contributed by atoms with van der Waals surface area (Å²) in [7, 11) is 0. The van der Waals surface area contributed by atoms with Gasteiger partial charge in [-0.15, -0.1) is 0 Å². The van der Waals surface area contributed by atoms with Gasteiger partial charge in [0.05, 0.1) is 0 Å². The predicted molar refractivity (Wildman–Crippen MR) is 83.5 cm³/mol. The molecule has 21 heavy (non-hydrogen) atoms. The van der Waals surface area contributed by atoms with E-state index >= 15 is 0 Å². The van der Waals surface area contributed by atoms with Gasteiger partial charge in [0.2, 0.25) is 0 Å². The quantitative estimate of drug-likeness (QED) is 0.763. The van der Waals surface area contributed by atoms with Gasteiger partial charge in [-0.3, -0.25) is 0 Å². The number of benzene rings is 2. The van der Waals surface area contributed by atoms with Crippen molar-refractivity contribution in [1.82, 2.24) is 15.3 Å². The first-order valence-electron chi connectivity index (χ1n) is 7.10. The lowest BCUT2D eigenvalue weighted by molar-refractivity contribution is 0.583. The molecule has 0 bridgehead atoms. The van der Waals surface area contributed by atoms with Gasteiger partial charge in [-0.25, -0.2) is 9.37 Å². The Balaban J connectivity index is 1.99. The van der Waals surface area contributed by atoms with Crippen molar-refractivity contribution < 1.29 is 4.39 Å². The monoisotopic (exact) mass is 283 g/mol. The van der Waals surface area contributed by atoms with E-state index in [0.717, 1.165) is 29.0 Å². The lowest BCUT2D eigenvalue weighted by atomic mass is 10.0. The first kappa shape index (κ1) is 13.8. The molecule has 0 radical (unpaired) electrons. The molecule has 0 fully saturated rings. The molecule has 108 valence electrons. The number of halogens is 1. The number of hydrogen-bond donors (Lipinski definition) is 2. The SMILES string of the molecule is CC(C)NCc1cnc(-c2ccc(F)c3ccccc23)[nH]1. The van der Waals surface area contributed by atoms with E-state index in [1.165, 1.54) is 6.07 Å². The third-order valence-electron chi connectivity index (χ3n) is 3.46. The van der Waals surface area contributed by atoms with Gasteiger partial charge in [-0.1, -0.05) is 38.1 Å². The van der Waals surface area contributed by atoms with Crippen LogP contribution in [0.3, 0.4) is 0 Å². The second-order valence-electron chi connectivity index (χ2n) is 5.43.